The van der Waals surface area contributed by atoms with Crippen molar-refractivity contribution in [1.29, 1.82) is 0 Å². The van der Waals surface area contributed by atoms with Crippen molar-refractivity contribution in [2.75, 3.05) is 0 Å². The first-order chi connectivity index (χ1) is 15.9. The van der Waals surface area contributed by atoms with Crippen LogP contribution in [0.15, 0.2) is 77.7 Å². The van der Waals surface area contributed by atoms with Crippen LogP contribution in [0.4, 0.5) is 0 Å². The average molecular weight is 515 g/mol. The summed E-state index contributed by atoms with van der Waals surface area (Å²) in [6.45, 7) is 0.347. The molecule has 0 aromatic heterocycles. The summed E-state index contributed by atoms with van der Waals surface area (Å²) in [5.41, 5.74) is 4.59. The lowest BCUT2D eigenvalue weighted by atomic mass is 10.2. The maximum atomic E-state index is 12.9. The highest BCUT2D eigenvalue weighted by molar-refractivity contribution is 8.26. The highest BCUT2D eigenvalue weighted by Gasteiger charge is 2.34. The predicted molar refractivity (Wildman–Crippen MR) is 136 cm³/mol. The molecule has 0 unspecified atom stereocenters. The second-order valence-electron chi connectivity index (χ2n) is 6.92. The van der Waals surface area contributed by atoms with Gasteiger partial charge in [-0.25, -0.2) is 0 Å². The molecule has 33 heavy (non-hydrogen) atoms. The highest BCUT2D eigenvalue weighted by Crippen LogP contribution is 2.33. The van der Waals surface area contributed by atoms with Crippen LogP contribution in [0, 0.1) is 0 Å². The fourth-order valence-electron chi connectivity index (χ4n) is 2.95. The van der Waals surface area contributed by atoms with Gasteiger partial charge in [0.2, 0.25) is 0 Å². The molecule has 4 rings (SSSR count). The Balaban J connectivity index is 1.48. The number of para-hydroxylation sites is 1. The van der Waals surface area contributed by atoms with Gasteiger partial charge in [0, 0.05) is 21.2 Å². The molecule has 1 aliphatic rings. The van der Waals surface area contributed by atoms with Crippen molar-refractivity contribution in [2.24, 2.45) is 0 Å². The third kappa shape index (κ3) is 5.75. The molecule has 0 radical (unpaired) electrons. The van der Waals surface area contributed by atoms with Gasteiger partial charge in [0.25, 0.3) is 11.8 Å². The molecule has 3 aromatic rings. The number of halogens is 2. The number of ether oxygens (including phenoxy) is 1. The monoisotopic (exact) mass is 514 g/mol. The third-order valence-corrected chi connectivity index (χ3v) is 6.43. The Morgan fingerprint density at radius 1 is 1.00 bits per heavy atom. The van der Waals surface area contributed by atoms with Gasteiger partial charge in [0.1, 0.15) is 12.4 Å². The summed E-state index contributed by atoms with van der Waals surface area (Å²) in [6, 6.07) is 21.1. The second-order valence-corrected chi connectivity index (χ2v) is 9.47. The van der Waals surface area contributed by atoms with Crippen molar-refractivity contribution in [3.63, 3.8) is 0 Å². The van der Waals surface area contributed by atoms with Gasteiger partial charge < -0.3 is 4.74 Å². The first-order valence-electron chi connectivity index (χ1n) is 9.71. The largest absolute Gasteiger partial charge is 0.488 e. The van der Waals surface area contributed by atoms with Gasteiger partial charge in [-0.1, -0.05) is 65.3 Å². The molecule has 0 atom stereocenters. The van der Waals surface area contributed by atoms with Crippen LogP contribution in [0.25, 0.3) is 6.08 Å². The lowest BCUT2D eigenvalue weighted by Crippen LogP contribution is -2.44. The number of hydrogen-bond donors (Lipinski definition) is 1. The first kappa shape index (κ1) is 23.3. The van der Waals surface area contributed by atoms with Crippen LogP contribution in [0.2, 0.25) is 10.0 Å². The fourth-order valence-corrected chi connectivity index (χ4v) is 4.37. The number of nitrogens with zero attached hydrogens (tertiary/aromatic N) is 1. The van der Waals surface area contributed by atoms with E-state index < -0.39 is 11.8 Å². The van der Waals surface area contributed by atoms with Crippen molar-refractivity contribution in [3.05, 3.63) is 104 Å². The average Bonchev–Trinajstić information content (AvgIpc) is 3.07. The van der Waals surface area contributed by atoms with E-state index in [4.69, 9.17) is 40.2 Å². The van der Waals surface area contributed by atoms with E-state index in [1.54, 1.807) is 42.5 Å². The van der Waals surface area contributed by atoms with E-state index in [-0.39, 0.29) is 4.32 Å². The zero-order chi connectivity index (χ0) is 23.4. The third-order valence-electron chi connectivity index (χ3n) is 4.63. The van der Waals surface area contributed by atoms with Crippen molar-refractivity contribution in [3.8, 4) is 5.75 Å². The summed E-state index contributed by atoms with van der Waals surface area (Å²) >= 11 is 18.2. The van der Waals surface area contributed by atoms with E-state index in [1.165, 1.54) is 0 Å². The minimum atomic E-state index is -0.462. The standard InChI is InChI=1S/C24H16Cl2N2O3S2/c25-18-9-5-15(6-10-18)14-31-20-4-2-1-3-17(20)13-21-23(30)28(24(32)33-21)27-22(29)16-7-11-19(26)12-8-16/h1-13H,14H2,(H,27,29)/b21-13+. The molecule has 1 aliphatic heterocycles. The minimum absolute atomic E-state index is 0.230. The number of thiocarbonyl (C=S) groups is 1. The Hall–Kier alpha value is -2.84. The van der Waals surface area contributed by atoms with E-state index in [9.17, 15) is 9.59 Å². The van der Waals surface area contributed by atoms with Gasteiger partial charge >= 0.3 is 0 Å². The van der Waals surface area contributed by atoms with Gasteiger partial charge in [0.05, 0.1) is 4.91 Å². The molecule has 0 bridgehead atoms. The van der Waals surface area contributed by atoms with Crippen molar-refractivity contribution >= 4 is 69.4 Å². The number of hydrogen-bond acceptors (Lipinski definition) is 5. The topological polar surface area (TPSA) is 58.6 Å². The molecule has 1 fully saturated rings. The van der Waals surface area contributed by atoms with Gasteiger partial charge in [-0.3, -0.25) is 15.0 Å². The fraction of sp³-hybridized carbons (Fsp3) is 0.0417. The number of hydrazine groups is 1. The SMILES string of the molecule is O=C(NN1C(=O)/C(=C\c2ccccc2OCc2ccc(Cl)cc2)SC1=S)c1ccc(Cl)cc1. The molecule has 3 aromatic carbocycles. The van der Waals surface area contributed by atoms with Crippen molar-refractivity contribution in [1.82, 2.24) is 10.4 Å². The molecule has 9 heteroatoms. The van der Waals surface area contributed by atoms with Crippen LogP contribution in [0.3, 0.4) is 0 Å². The summed E-state index contributed by atoms with van der Waals surface area (Å²) in [7, 11) is 0. The van der Waals surface area contributed by atoms with E-state index >= 15 is 0 Å². The predicted octanol–water partition coefficient (Wildman–Crippen LogP) is 6.12. The number of nitrogens with one attached hydrogen (secondary N) is 1. The molecule has 5 nitrogen and oxygen atoms in total. The number of thioether (sulfide) groups is 1. The van der Waals surface area contributed by atoms with Crippen LogP contribution in [-0.2, 0) is 11.4 Å². The Morgan fingerprint density at radius 3 is 2.33 bits per heavy atom. The van der Waals surface area contributed by atoms with Crippen LogP contribution >= 0.6 is 47.2 Å². The molecule has 1 N–H and O–H groups in total. The summed E-state index contributed by atoms with van der Waals surface area (Å²) in [5.74, 6) is -0.265. The number of carbonyl (C=O) groups excluding carboxylic acids is 2. The number of carbonyl (C=O) groups is 2. The molecule has 166 valence electrons. The van der Waals surface area contributed by atoms with Gasteiger partial charge in [-0.15, -0.1) is 0 Å². The Kier molecular flexibility index (Phi) is 7.35. The van der Waals surface area contributed by atoms with E-state index in [1.807, 2.05) is 36.4 Å². The lowest BCUT2D eigenvalue weighted by Gasteiger charge is -2.15. The number of rotatable bonds is 6. The molecule has 2 amide bonds. The summed E-state index contributed by atoms with van der Waals surface area (Å²) in [5, 5.41) is 2.24. The quantitative estimate of drug-likeness (QED) is 0.317. The zero-order valence-corrected chi connectivity index (χ0v) is 20.1. The second kappa shape index (κ2) is 10.4. The Morgan fingerprint density at radius 2 is 1.64 bits per heavy atom. The Labute approximate surface area is 210 Å². The van der Waals surface area contributed by atoms with Gasteiger partial charge in [-0.2, -0.15) is 5.01 Å². The van der Waals surface area contributed by atoms with Crippen molar-refractivity contribution in [2.45, 2.75) is 6.61 Å². The van der Waals surface area contributed by atoms with Crippen LogP contribution in [0.5, 0.6) is 5.75 Å². The summed E-state index contributed by atoms with van der Waals surface area (Å²) < 4.78 is 6.19. The maximum absolute atomic E-state index is 12.9. The van der Waals surface area contributed by atoms with E-state index in [2.05, 4.69) is 5.43 Å². The lowest BCUT2D eigenvalue weighted by molar-refractivity contribution is -0.123. The summed E-state index contributed by atoms with van der Waals surface area (Å²) in [6.07, 6.45) is 1.70. The van der Waals surface area contributed by atoms with Crippen LogP contribution in [0.1, 0.15) is 21.5 Å². The Bertz CT molecular complexity index is 1250. The molecule has 0 saturated carbocycles. The molecule has 0 spiro atoms. The van der Waals surface area contributed by atoms with Gasteiger partial charge in [-0.05, 0) is 66.3 Å². The summed E-state index contributed by atoms with van der Waals surface area (Å²) in [4.78, 5) is 25.8. The maximum Gasteiger partial charge on any atom is 0.285 e. The molecule has 1 saturated heterocycles. The zero-order valence-electron chi connectivity index (χ0n) is 17.0. The number of amides is 2. The minimum Gasteiger partial charge on any atom is -0.488 e. The highest BCUT2D eigenvalue weighted by atomic mass is 35.5. The first-order valence-corrected chi connectivity index (χ1v) is 11.7. The smallest absolute Gasteiger partial charge is 0.285 e. The molecule has 0 aliphatic carbocycles. The molecule has 1 heterocycles. The molecular weight excluding hydrogens is 499 g/mol. The van der Waals surface area contributed by atoms with E-state index in [0.29, 0.717) is 32.9 Å². The van der Waals surface area contributed by atoms with Gasteiger partial charge in [0.15, 0.2) is 4.32 Å². The number of benzene rings is 3. The van der Waals surface area contributed by atoms with Crippen molar-refractivity contribution < 1.29 is 14.3 Å². The van der Waals surface area contributed by atoms with Crippen LogP contribution < -0.4 is 10.2 Å². The normalized spacial score (nSPS) is 14.6. The van der Waals surface area contributed by atoms with E-state index in [0.717, 1.165) is 27.9 Å². The molecular formula is C24H16Cl2N2O3S2. The van der Waals surface area contributed by atoms with Crippen LogP contribution in [-0.4, -0.2) is 21.1 Å².